The predicted octanol–water partition coefficient (Wildman–Crippen LogP) is 0.604. The molecule has 1 rings (SSSR count). The molecule has 5 nitrogen and oxygen atoms in total. The summed E-state index contributed by atoms with van der Waals surface area (Å²) in [4.78, 5) is 23.0. The Kier molecular flexibility index (Phi) is 4.90. The van der Waals surface area contributed by atoms with Crippen LogP contribution in [0.1, 0.15) is 26.3 Å². The first-order valence-electron chi connectivity index (χ1n) is 5.04. The number of carbonyl (C=O) groups is 2. The van der Waals surface area contributed by atoms with Crippen LogP contribution in [0.2, 0.25) is 0 Å². The minimum atomic E-state index is -0.650. The summed E-state index contributed by atoms with van der Waals surface area (Å²) in [5.74, 6) is 3.81. The standard InChI is InChI=1S/C13H12O5/c1-17-12(15)10-6-5-9(4-3-7-14)8-11(10)13(16)18-2/h5-6,8,14H,7H2,1-2H3. The van der Waals surface area contributed by atoms with E-state index in [1.165, 1.54) is 26.4 Å². The van der Waals surface area contributed by atoms with Gasteiger partial charge in [-0.25, -0.2) is 9.59 Å². The first-order chi connectivity index (χ1) is 8.63. The number of aliphatic hydroxyl groups excluding tert-OH is 1. The van der Waals surface area contributed by atoms with Crippen molar-refractivity contribution in [3.63, 3.8) is 0 Å². The summed E-state index contributed by atoms with van der Waals surface area (Å²) in [6.07, 6.45) is 0. The van der Waals surface area contributed by atoms with Gasteiger partial charge in [0.2, 0.25) is 0 Å². The van der Waals surface area contributed by atoms with Gasteiger partial charge in [0.05, 0.1) is 25.3 Å². The number of hydrogen-bond donors (Lipinski definition) is 1. The van der Waals surface area contributed by atoms with Gasteiger partial charge in [-0.3, -0.25) is 0 Å². The molecule has 0 fully saturated rings. The third kappa shape index (κ3) is 3.09. The molecule has 0 aliphatic rings. The van der Waals surface area contributed by atoms with Crippen LogP contribution >= 0.6 is 0 Å². The smallest absolute Gasteiger partial charge is 0.338 e. The molecule has 0 amide bonds. The van der Waals surface area contributed by atoms with E-state index < -0.39 is 11.9 Å². The number of esters is 2. The molecule has 0 aliphatic heterocycles. The van der Waals surface area contributed by atoms with Crippen LogP contribution < -0.4 is 0 Å². The third-order valence-corrected chi connectivity index (χ3v) is 2.14. The second kappa shape index (κ2) is 6.42. The third-order valence-electron chi connectivity index (χ3n) is 2.14. The Morgan fingerprint density at radius 3 is 2.33 bits per heavy atom. The van der Waals surface area contributed by atoms with Gasteiger partial charge in [-0.1, -0.05) is 11.8 Å². The molecule has 0 saturated carbocycles. The van der Waals surface area contributed by atoms with Gasteiger partial charge in [-0.2, -0.15) is 0 Å². The fraction of sp³-hybridized carbons (Fsp3) is 0.231. The molecular weight excluding hydrogens is 236 g/mol. The van der Waals surface area contributed by atoms with E-state index in [1.54, 1.807) is 6.07 Å². The Bertz CT molecular complexity index is 522. The van der Waals surface area contributed by atoms with Crippen LogP contribution in [0.4, 0.5) is 0 Å². The largest absolute Gasteiger partial charge is 0.465 e. The van der Waals surface area contributed by atoms with E-state index in [9.17, 15) is 9.59 Å². The van der Waals surface area contributed by atoms with Gasteiger partial charge < -0.3 is 14.6 Å². The Labute approximate surface area is 104 Å². The molecule has 0 spiro atoms. The summed E-state index contributed by atoms with van der Waals surface area (Å²) >= 11 is 0. The summed E-state index contributed by atoms with van der Waals surface area (Å²) in [5.41, 5.74) is 0.685. The monoisotopic (exact) mass is 248 g/mol. The van der Waals surface area contributed by atoms with E-state index in [1.807, 2.05) is 0 Å². The Morgan fingerprint density at radius 2 is 1.78 bits per heavy atom. The van der Waals surface area contributed by atoms with E-state index in [4.69, 9.17) is 5.11 Å². The minimum Gasteiger partial charge on any atom is -0.465 e. The lowest BCUT2D eigenvalue weighted by Gasteiger charge is -2.06. The van der Waals surface area contributed by atoms with Crippen molar-refractivity contribution in [2.24, 2.45) is 0 Å². The number of hydrogen-bond acceptors (Lipinski definition) is 5. The Balaban J connectivity index is 3.29. The SMILES string of the molecule is COC(=O)c1ccc(C#CCO)cc1C(=O)OC. The van der Waals surface area contributed by atoms with Crippen molar-refractivity contribution < 1.29 is 24.2 Å². The second-order valence-electron chi connectivity index (χ2n) is 3.20. The lowest BCUT2D eigenvalue weighted by Crippen LogP contribution is -2.12. The van der Waals surface area contributed by atoms with Crippen LogP contribution in [0.3, 0.4) is 0 Å². The summed E-state index contributed by atoms with van der Waals surface area (Å²) in [6.45, 7) is -0.285. The van der Waals surface area contributed by atoms with E-state index in [-0.39, 0.29) is 17.7 Å². The van der Waals surface area contributed by atoms with Gasteiger partial charge in [0.25, 0.3) is 0 Å². The van der Waals surface area contributed by atoms with Crippen LogP contribution in [0.5, 0.6) is 0 Å². The first kappa shape index (κ1) is 13.7. The lowest BCUT2D eigenvalue weighted by molar-refractivity contribution is 0.0555. The lowest BCUT2D eigenvalue weighted by atomic mass is 10.0. The molecule has 0 radical (unpaired) electrons. The van der Waals surface area contributed by atoms with Gasteiger partial charge in [0.15, 0.2) is 0 Å². The van der Waals surface area contributed by atoms with Gasteiger partial charge in [0, 0.05) is 5.56 Å². The average Bonchev–Trinajstić information content (AvgIpc) is 2.43. The van der Waals surface area contributed by atoms with Crippen LogP contribution in [0.25, 0.3) is 0 Å². The molecule has 94 valence electrons. The Morgan fingerprint density at radius 1 is 1.17 bits per heavy atom. The van der Waals surface area contributed by atoms with E-state index in [2.05, 4.69) is 21.3 Å². The molecule has 5 heteroatoms. The molecule has 18 heavy (non-hydrogen) atoms. The maximum atomic E-state index is 11.6. The van der Waals surface area contributed by atoms with Crippen molar-refractivity contribution in [3.05, 3.63) is 34.9 Å². The molecule has 0 unspecified atom stereocenters. The molecule has 0 saturated heterocycles. The zero-order valence-corrected chi connectivity index (χ0v) is 10.0. The second-order valence-corrected chi connectivity index (χ2v) is 3.20. The van der Waals surface area contributed by atoms with Gasteiger partial charge >= 0.3 is 11.9 Å². The minimum absolute atomic E-state index is 0.0779. The normalized spacial score (nSPS) is 9.06. The van der Waals surface area contributed by atoms with Gasteiger partial charge in [-0.05, 0) is 18.2 Å². The van der Waals surface area contributed by atoms with Gasteiger partial charge in [-0.15, -0.1) is 0 Å². The van der Waals surface area contributed by atoms with Crippen molar-refractivity contribution >= 4 is 11.9 Å². The highest BCUT2D eigenvalue weighted by molar-refractivity contribution is 6.03. The maximum absolute atomic E-state index is 11.6. The average molecular weight is 248 g/mol. The van der Waals surface area contributed by atoms with Crippen molar-refractivity contribution in [2.45, 2.75) is 0 Å². The van der Waals surface area contributed by atoms with Crippen molar-refractivity contribution in [1.29, 1.82) is 0 Å². The molecule has 0 aromatic heterocycles. The number of benzene rings is 1. The van der Waals surface area contributed by atoms with Crippen LogP contribution in [0, 0.1) is 11.8 Å². The van der Waals surface area contributed by atoms with Crippen molar-refractivity contribution in [3.8, 4) is 11.8 Å². The number of carbonyl (C=O) groups excluding carboxylic acids is 2. The van der Waals surface area contributed by atoms with Crippen LogP contribution in [-0.2, 0) is 9.47 Å². The molecule has 0 atom stereocenters. The van der Waals surface area contributed by atoms with E-state index in [0.717, 1.165) is 0 Å². The number of ether oxygens (including phenoxy) is 2. The summed E-state index contributed by atoms with van der Waals surface area (Å²) in [6, 6.07) is 4.40. The molecular formula is C13H12O5. The number of rotatable bonds is 2. The zero-order chi connectivity index (χ0) is 13.5. The Hall–Kier alpha value is -2.32. The number of methoxy groups -OCH3 is 2. The maximum Gasteiger partial charge on any atom is 0.338 e. The van der Waals surface area contributed by atoms with Crippen LogP contribution in [0.15, 0.2) is 18.2 Å². The summed E-state index contributed by atoms with van der Waals surface area (Å²) in [5, 5.41) is 8.59. The molecule has 1 aromatic carbocycles. The predicted molar refractivity (Wildman–Crippen MR) is 63.1 cm³/mol. The molecule has 1 N–H and O–H groups in total. The highest BCUT2D eigenvalue weighted by Gasteiger charge is 2.18. The molecule has 0 heterocycles. The highest BCUT2D eigenvalue weighted by atomic mass is 16.5. The molecule has 1 aromatic rings. The topological polar surface area (TPSA) is 72.8 Å². The first-order valence-corrected chi connectivity index (χ1v) is 5.04. The quantitative estimate of drug-likeness (QED) is 0.613. The summed E-state index contributed by atoms with van der Waals surface area (Å²) < 4.78 is 9.16. The van der Waals surface area contributed by atoms with Crippen LogP contribution in [-0.4, -0.2) is 37.9 Å². The van der Waals surface area contributed by atoms with Crippen molar-refractivity contribution in [1.82, 2.24) is 0 Å². The van der Waals surface area contributed by atoms with E-state index in [0.29, 0.717) is 5.56 Å². The summed E-state index contributed by atoms with van der Waals surface area (Å²) in [7, 11) is 2.44. The molecule has 0 bridgehead atoms. The van der Waals surface area contributed by atoms with Gasteiger partial charge in [0.1, 0.15) is 6.61 Å². The fourth-order valence-corrected chi connectivity index (χ4v) is 1.33. The van der Waals surface area contributed by atoms with Crippen molar-refractivity contribution in [2.75, 3.05) is 20.8 Å². The zero-order valence-electron chi connectivity index (χ0n) is 10.0. The number of aliphatic hydroxyl groups is 1. The highest BCUT2D eigenvalue weighted by Crippen LogP contribution is 2.14. The fourth-order valence-electron chi connectivity index (χ4n) is 1.33. The van der Waals surface area contributed by atoms with E-state index >= 15 is 0 Å². The molecule has 0 aliphatic carbocycles.